The maximum atomic E-state index is 11.5. The molecule has 2 heterocycles. The lowest BCUT2D eigenvalue weighted by atomic mass is 10.2. The maximum absolute atomic E-state index is 11.5. The number of hydrogen-bond acceptors (Lipinski definition) is 3. The van der Waals surface area contributed by atoms with E-state index in [9.17, 15) is 4.79 Å². The fourth-order valence-corrected chi connectivity index (χ4v) is 2.18. The van der Waals surface area contributed by atoms with Gasteiger partial charge in [-0.2, -0.15) is 0 Å². The molecular formula is C13H15N3O2. The van der Waals surface area contributed by atoms with Crippen LogP contribution in [0, 0.1) is 0 Å². The highest BCUT2D eigenvalue weighted by molar-refractivity contribution is 5.99. The van der Waals surface area contributed by atoms with Gasteiger partial charge in [-0.25, -0.2) is 4.98 Å². The van der Waals surface area contributed by atoms with Crippen molar-refractivity contribution in [1.82, 2.24) is 9.55 Å². The number of aromatic nitrogens is 2. The molecule has 1 aliphatic rings. The van der Waals surface area contributed by atoms with Gasteiger partial charge in [0.05, 0.1) is 23.0 Å². The summed E-state index contributed by atoms with van der Waals surface area (Å²) in [5.74, 6) is 0.599. The number of anilines is 1. The first-order valence-electron chi connectivity index (χ1n) is 6.15. The number of imidazole rings is 1. The van der Waals surface area contributed by atoms with E-state index in [0.717, 1.165) is 24.0 Å². The normalized spacial score (nSPS) is 18.3. The quantitative estimate of drug-likeness (QED) is 0.882. The highest BCUT2D eigenvalue weighted by Gasteiger charge is 2.24. The third-order valence-electron chi connectivity index (χ3n) is 3.12. The molecule has 0 aliphatic carbocycles. The minimum atomic E-state index is -0.447. The van der Waals surface area contributed by atoms with Crippen LogP contribution in [0.1, 0.15) is 20.3 Å². The van der Waals surface area contributed by atoms with E-state index in [1.165, 1.54) is 0 Å². The fraction of sp³-hybridized carbons (Fsp3) is 0.385. The van der Waals surface area contributed by atoms with Crippen molar-refractivity contribution in [3.63, 3.8) is 0 Å². The van der Waals surface area contributed by atoms with Crippen molar-refractivity contribution in [3.8, 4) is 5.75 Å². The van der Waals surface area contributed by atoms with Crippen LogP contribution >= 0.6 is 0 Å². The van der Waals surface area contributed by atoms with Crippen LogP contribution in [-0.2, 0) is 11.3 Å². The van der Waals surface area contributed by atoms with E-state index >= 15 is 0 Å². The minimum absolute atomic E-state index is 0.116. The Balaban J connectivity index is 2.11. The number of benzene rings is 1. The van der Waals surface area contributed by atoms with Crippen LogP contribution in [0.2, 0.25) is 0 Å². The van der Waals surface area contributed by atoms with Crippen LogP contribution in [0.4, 0.5) is 5.69 Å². The molecule has 0 bridgehead atoms. The third kappa shape index (κ3) is 1.63. The van der Waals surface area contributed by atoms with Crippen LogP contribution in [0.5, 0.6) is 5.75 Å². The predicted octanol–water partition coefficient (Wildman–Crippen LogP) is 2.17. The summed E-state index contributed by atoms with van der Waals surface area (Å²) < 4.78 is 7.70. The zero-order chi connectivity index (χ0) is 12.7. The molecule has 18 heavy (non-hydrogen) atoms. The molecular weight excluding hydrogens is 230 g/mol. The molecule has 1 aromatic heterocycles. The van der Waals surface area contributed by atoms with Gasteiger partial charge in [-0.05, 0) is 19.4 Å². The van der Waals surface area contributed by atoms with Gasteiger partial charge < -0.3 is 14.6 Å². The first-order valence-corrected chi connectivity index (χ1v) is 6.15. The number of nitrogens with zero attached hydrogens (tertiary/aromatic N) is 2. The third-order valence-corrected chi connectivity index (χ3v) is 3.12. The van der Waals surface area contributed by atoms with Gasteiger partial charge >= 0.3 is 0 Å². The van der Waals surface area contributed by atoms with Crippen molar-refractivity contribution in [1.29, 1.82) is 0 Å². The first-order chi connectivity index (χ1) is 8.69. The molecule has 1 amide bonds. The second kappa shape index (κ2) is 4.01. The highest BCUT2D eigenvalue weighted by Crippen LogP contribution is 2.33. The largest absolute Gasteiger partial charge is 0.479 e. The Labute approximate surface area is 105 Å². The Morgan fingerprint density at radius 2 is 2.33 bits per heavy atom. The van der Waals surface area contributed by atoms with Gasteiger partial charge in [-0.15, -0.1) is 0 Å². The summed E-state index contributed by atoms with van der Waals surface area (Å²) >= 11 is 0. The van der Waals surface area contributed by atoms with Gasteiger partial charge in [0.1, 0.15) is 5.75 Å². The molecule has 5 nitrogen and oxygen atoms in total. The number of carbonyl (C=O) groups excluding carboxylic acids is 1. The minimum Gasteiger partial charge on any atom is -0.479 e. The highest BCUT2D eigenvalue weighted by atomic mass is 16.5. The van der Waals surface area contributed by atoms with E-state index in [0.29, 0.717) is 11.4 Å². The second-order valence-electron chi connectivity index (χ2n) is 4.52. The lowest BCUT2D eigenvalue weighted by molar-refractivity contribution is -0.122. The van der Waals surface area contributed by atoms with Crippen LogP contribution in [-0.4, -0.2) is 21.6 Å². The Kier molecular flexibility index (Phi) is 2.47. The Bertz CT molecular complexity index is 618. The first kappa shape index (κ1) is 11.1. The van der Waals surface area contributed by atoms with Crippen molar-refractivity contribution < 1.29 is 9.53 Å². The molecule has 0 spiro atoms. The summed E-state index contributed by atoms with van der Waals surface area (Å²) in [5.41, 5.74) is 2.62. The van der Waals surface area contributed by atoms with E-state index in [-0.39, 0.29) is 5.91 Å². The van der Waals surface area contributed by atoms with Gasteiger partial charge in [0.25, 0.3) is 5.91 Å². The van der Waals surface area contributed by atoms with Gasteiger partial charge in [0.2, 0.25) is 0 Å². The van der Waals surface area contributed by atoms with Gasteiger partial charge in [0.15, 0.2) is 6.10 Å². The molecule has 0 radical (unpaired) electrons. The summed E-state index contributed by atoms with van der Waals surface area (Å²) in [5, 5.41) is 2.83. The van der Waals surface area contributed by atoms with Crippen molar-refractivity contribution in [2.45, 2.75) is 32.9 Å². The van der Waals surface area contributed by atoms with E-state index in [1.54, 1.807) is 6.92 Å². The summed E-state index contributed by atoms with van der Waals surface area (Å²) in [4.78, 5) is 15.9. The fourth-order valence-electron chi connectivity index (χ4n) is 2.18. The van der Waals surface area contributed by atoms with Gasteiger partial charge in [-0.3, -0.25) is 4.79 Å². The van der Waals surface area contributed by atoms with Gasteiger partial charge in [-0.1, -0.05) is 6.92 Å². The Morgan fingerprint density at radius 1 is 1.50 bits per heavy atom. The van der Waals surface area contributed by atoms with Crippen molar-refractivity contribution >= 4 is 22.6 Å². The molecule has 1 N–H and O–H groups in total. The van der Waals surface area contributed by atoms with Crippen LogP contribution in [0.15, 0.2) is 18.5 Å². The van der Waals surface area contributed by atoms with Gasteiger partial charge in [0, 0.05) is 12.6 Å². The van der Waals surface area contributed by atoms with E-state index in [1.807, 2.05) is 18.5 Å². The molecule has 1 unspecified atom stereocenters. The average Bonchev–Trinajstić information content (AvgIpc) is 2.71. The molecule has 5 heteroatoms. The van der Waals surface area contributed by atoms with Crippen molar-refractivity contribution in [3.05, 3.63) is 18.5 Å². The summed E-state index contributed by atoms with van der Waals surface area (Å²) in [6.07, 6.45) is 2.43. The molecule has 1 aliphatic heterocycles. The van der Waals surface area contributed by atoms with E-state index in [2.05, 4.69) is 21.8 Å². The zero-order valence-corrected chi connectivity index (χ0v) is 10.4. The molecule has 3 rings (SSSR count). The number of amides is 1. The SMILES string of the molecule is CCCn1cnc2cc3c(cc21)OC(C)C(=O)N3. The zero-order valence-electron chi connectivity index (χ0n) is 10.4. The van der Waals surface area contributed by atoms with E-state index < -0.39 is 6.10 Å². The Hall–Kier alpha value is -2.04. The molecule has 0 fully saturated rings. The van der Waals surface area contributed by atoms with Crippen LogP contribution in [0.25, 0.3) is 11.0 Å². The molecule has 1 atom stereocenters. The number of hydrogen-bond donors (Lipinski definition) is 1. The molecule has 0 saturated heterocycles. The number of rotatable bonds is 2. The van der Waals surface area contributed by atoms with E-state index in [4.69, 9.17) is 4.74 Å². The standard InChI is InChI=1S/C13H15N3O2/c1-3-4-16-7-14-9-5-10-12(6-11(9)16)18-8(2)13(17)15-10/h5-8H,3-4H2,1-2H3,(H,15,17). The smallest absolute Gasteiger partial charge is 0.265 e. The maximum Gasteiger partial charge on any atom is 0.265 e. The average molecular weight is 245 g/mol. The molecule has 1 aromatic carbocycles. The van der Waals surface area contributed by atoms with Crippen LogP contribution < -0.4 is 10.1 Å². The molecule has 2 aromatic rings. The number of carbonyl (C=O) groups is 1. The Morgan fingerprint density at radius 3 is 3.11 bits per heavy atom. The lowest BCUT2D eigenvalue weighted by Crippen LogP contribution is -2.34. The summed E-state index contributed by atoms with van der Waals surface area (Å²) in [7, 11) is 0. The van der Waals surface area contributed by atoms with Crippen molar-refractivity contribution in [2.75, 3.05) is 5.32 Å². The number of fused-ring (bicyclic) bond motifs is 2. The molecule has 0 saturated carbocycles. The topological polar surface area (TPSA) is 56.2 Å². The monoisotopic (exact) mass is 245 g/mol. The summed E-state index contributed by atoms with van der Waals surface area (Å²) in [6.45, 7) is 4.80. The number of ether oxygens (including phenoxy) is 1. The molecule has 94 valence electrons. The van der Waals surface area contributed by atoms with Crippen molar-refractivity contribution in [2.24, 2.45) is 0 Å². The second-order valence-corrected chi connectivity index (χ2v) is 4.52. The lowest BCUT2D eigenvalue weighted by Gasteiger charge is -2.23. The summed E-state index contributed by atoms with van der Waals surface area (Å²) in [6, 6.07) is 3.81. The van der Waals surface area contributed by atoms with Crippen LogP contribution in [0.3, 0.4) is 0 Å². The number of aryl methyl sites for hydroxylation is 1. The number of nitrogens with one attached hydrogen (secondary N) is 1. The predicted molar refractivity (Wildman–Crippen MR) is 68.7 cm³/mol.